The molecule has 0 saturated heterocycles. The van der Waals surface area contributed by atoms with E-state index in [1.807, 2.05) is 6.92 Å². The maximum atomic E-state index is 11.0. The Morgan fingerprint density at radius 1 is 1.55 bits per heavy atom. The van der Waals surface area contributed by atoms with Crippen LogP contribution in [0.25, 0.3) is 0 Å². The van der Waals surface area contributed by atoms with E-state index in [0.717, 1.165) is 5.56 Å². The van der Waals surface area contributed by atoms with E-state index in [0.29, 0.717) is 10.6 Å². The average molecular weight is 170 g/mol. The van der Waals surface area contributed by atoms with Crippen LogP contribution in [0.1, 0.15) is 22.8 Å². The number of nitrogens with zero attached hydrogens (tertiary/aromatic N) is 1. The Hall–Kier alpha value is -0.890. The van der Waals surface area contributed by atoms with Gasteiger partial charge in [-0.3, -0.25) is 9.78 Å². The van der Waals surface area contributed by atoms with Crippen LogP contribution in [0, 0.1) is 6.92 Å². The summed E-state index contributed by atoms with van der Waals surface area (Å²) in [5, 5.41) is 0.428. The van der Waals surface area contributed by atoms with Gasteiger partial charge in [-0.05, 0) is 19.4 Å². The van der Waals surface area contributed by atoms with Crippen molar-refractivity contribution in [3.8, 4) is 0 Å². The Balaban J connectivity index is 3.32. The molecule has 1 heterocycles. The van der Waals surface area contributed by atoms with Gasteiger partial charge in [0.05, 0.1) is 5.02 Å². The molecule has 1 rings (SSSR count). The molecule has 11 heavy (non-hydrogen) atoms. The minimum absolute atomic E-state index is 0.0186. The number of carbonyl (C=O) groups is 1. The van der Waals surface area contributed by atoms with E-state index in [2.05, 4.69) is 4.98 Å². The summed E-state index contributed by atoms with van der Waals surface area (Å²) in [5.41, 5.74) is 1.40. The number of rotatable bonds is 1. The largest absolute Gasteiger partial charge is 0.294 e. The first-order valence-corrected chi connectivity index (χ1v) is 3.61. The van der Waals surface area contributed by atoms with Crippen molar-refractivity contribution in [2.75, 3.05) is 0 Å². The van der Waals surface area contributed by atoms with Gasteiger partial charge in [0.15, 0.2) is 5.78 Å². The van der Waals surface area contributed by atoms with Crippen molar-refractivity contribution < 1.29 is 4.79 Å². The Kier molecular flexibility index (Phi) is 2.25. The SMILES string of the molecule is CC(=O)c1c(C)cncc1Cl. The predicted octanol–water partition coefficient (Wildman–Crippen LogP) is 2.25. The standard InChI is InChI=1S/C8H8ClNO/c1-5-3-10-4-7(9)8(5)6(2)11/h3-4H,1-2H3. The number of Topliss-reactive ketones (excluding diaryl/α,β-unsaturated/α-hetero) is 1. The van der Waals surface area contributed by atoms with E-state index in [-0.39, 0.29) is 5.78 Å². The van der Waals surface area contributed by atoms with E-state index in [1.54, 1.807) is 6.20 Å². The van der Waals surface area contributed by atoms with Crippen LogP contribution in [-0.4, -0.2) is 10.8 Å². The van der Waals surface area contributed by atoms with Crippen LogP contribution in [0.3, 0.4) is 0 Å². The van der Waals surface area contributed by atoms with Crippen molar-refractivity contribution >= 4 is 17.4 Å². The number of pyridine rings is 1. The second-order valence-corrected chi connectivity index (χ2v) is 2.78. The number of ketones is 1. The highest BCUT2D eigenvalue weighted by molar-refractivity contribution is 6.33. The van der Waals surface area contributed by atoms with E-state index in [1.165, 1.54) is 13.1 Å². The number of halogens is 1. The molecule has 0 fully saturated rings. The zero-order valence-electron chi connectivity index (χ0n) is 6.39. The summed E-state index contributed by atoms with van der Waals surface area (Å²) in [5.74, 6) is -0.0186. The molecule has 0 amide bonds. The topological polar surface area (TPSA) is 30.0 Å². The van der Waals surface area contributed by atoms with Crippen molar-refractivity contribution in [1.82, 2.24) is 4.98 Å². The summed E-state index contributed by atoms with van der Waals surface area (Å²) < 4.78 is 0. The second-order valence-electron chi connectivity index (χ2n) is 2.37. The quantitative estimate of drug-likeness (QED) is 0.604. The van der Waals surface area contributed by atoms with Gasteiger partial charge in [-0.2, -0.15) is 0 Å². The molecule has 0 aliphatic carbocycles. The fourth-order valence-corrected chi connectivity index (χ4v) is 1.32. The van der Waals surface area contributed by atoms with Gasteiger partial charge in [-0.15, -0.1) is 0 Å². The summed E-state index contributed by atoms with van der Waals surface area (Å²) in [6, 6.07) is 0. The van der Waals surface area contributed by atoms with Gasteiger partial charge in [0, 0.05) is 18.0 Å². The highest BCUT2D eigenvalue weighted by Gasteiger charge is 2.07. The van der Waals surface area contributed by atoms with Gasteiger partial charge in [0.1, 0.15) is 0 Å². The van der Waals surface area contributed by atoms with Crippen molar-refractivity contribution in [2.24, 2.45) is 0 Å². The molecule has 1 aromatic heterocycles. The smallest absolute Gasteiger partial charge is 0.161 e. The number of hydrogen-bond acceptors (Lipinski definition) is 2. The number of aryl methyl sites for hydroxylation is 1. The molecule has 0 N–H and O–H groups in total. The molecular formula is C8H8ClNO. The van der Waals surface area contributed by atoms with Crippen LogP contribution in [0.4, 0.5) is 0 Å². The Labute approximate surface area is 70.2 Å². The fraction of sp³-hybridized carbons (Fsp3) is 0.250. The lowest BCUT2D eigenvalue weighted by Gasteiger charge is -2.01. The summed E-state index contributed by atoms with van der Waals surface area (Å²) >= 11 is 5.74. The van der Waals surface area contributed by atoms with Crippen molar-refractivity contribution in [2.45, 2.75) is 13.8 Å². The fourth-order valence-electron chi connectivity index (χ4n) is 0.978. The van der Waals surface area contributed by atoms with Gasteiger partial charge < -0.3 is 0 Å². The maximum absolute atomic E-state index is 11.0. The van der Waals surface area contributed by atoms with Crippen LogP contribution in [0.2, 0.25) is 5.02 Å². The molecule has 0 saturated carbocycles. The summed E-state index contributed by atoms with van der Waals surface area (Å²) in [6.07, 6.45) is 3.11. The Morgan fingerprint density at radius 2 is 2.18 bits per heavy atom. The van der Waals surface area contributed by atoms with Gasteiger partial charge in [0.2, 0.25) is 0 Å². The normalized spacial score (nSPS) is 9.73. The first-order chi connectivity index (χ1) is 5.13. The third-order valence-electron chi connectivity index (χ3n) is 1.44. The molecule has 0 unspecified atom stereocenters. The number of carbonyl (C=O) groups excluding carboxylic acids is 1. The molecule has 58 valence electrons. The zero-order chi connectivity index (χ0) is 8.43. The molecule has 3 heteroatoms. The Morgan fingerprint density at radius 3 is 2.55 bits per heavy atom. The molecule has 0 aliphatic heterocycles. The van der Waals surface area contributed by atoms with Crippen molar-refractivity contribution in [1.29, 1.82) is 0 Å². The third kappa shape index (κ3) is 1.57. The van der Waals surface area contributed by atoms with Crippen LogP contribution in [0.5, 0.6) is 0 Å². The highest BCUT2D eigenvalue weighted by Crippen LogP contribution is 2.17. The average Bonchev–Trinajstić information content (AvgIpc) is 1.85. The van der Waals surface area contributed by atoms with Gasteiger partial charge in [-0.25, -0.2) is 0 Å². The van der Waals surface area contributed by atoms with Gasteiger partial charge in [-0.1, -0.05) is 11.6 Å². The number of hydrogen-bond donors (Lipinski definition) is 0. The van der Waals surface area contributed by atoms with E-state index in [9.17, 15) is 4.79 Å². The minimum Gasteiger partial charge on any atom is -0.294 e. The molecule has 0 aliphatic rings. The first-order valence-electron chi connectivity index (χ1n) is 3.24. The lowest BCUT2D eigenvalue weighted by atomic mass is 10.1. The third-order valence-corrected chi connectivity index (χ3v) is 1.73. The zero-order valence-corrected chi connectivity index (χ0v) is 7.14. The van der Waals surface area contributed by atoms with Crippen LogP contribution in [0.15, 0.2) is 12.4 Å². The molecule has 0 radical (unpaired) electrons. The second kappa shape index (κ2) is 3.01. The molecule has 0 atom stereocenters. The monoisotopic (exact) mass is 169 g/mol. The van der Waals surface area contributed by atoms with Crippen molar-refractivity contribution in [3.63, 3.8) is 0 Å². The summed E-state index contributed by atoms with van der Waals surface area (Å²) in [7, 11) is 0. The van der Waals surface area contributed by atoms with E-state index >= 15 is 0 Å². The number of aromatic nitrogens is 1. The molecular weight excluding hydrogens is 162 g/mol. The Bertz CT molecular complexity index is 276. The van der Waals surface area contributed by atoms with Crippen molar-refractivity contribution in [3.05, 3.63) is 28.5 Å². The van der Waals surface area contributed by atoms with Crippen LogP contribution < -0.4 is 0 Å². The molecule has 0 bridgehead atoms. The minimum atomic E-state index is -0.0186. The van der Waals surface area contributed by atoms with Crippen LogP contribution in [-0.2, 0) is 0 Å². The molecule has 0 aromatic carbocycles. The first kappa shape index (κ1) is 8.21. The van der Waals surface area contributed by atoms with E-state index in [4.69, 9.17) is 11.6 Å². The molecule has 0 spiro atoms. The van der Waals surface area contributed by atoms with E-state index < -0.39 is 0 Å². The lowest BCUT2D eigenvalue weighted by Crippen LogP contribution is -1.97. The maximum Gasteiger partial charge on any atom is 0.161 e. The van der Waals surface area contributed by atoms with Gasteiger partial charge >= 0.3 is 0 Å². The lowest BCUT2D eigenvalue weighted by molar-refractivity contribution is 0.101. The predicted molar refractivity (Wildman–Crippen MR) is 44.0 cm³/mol. The molecule has 2 nitrogen and oxygen atoms in total. The summed E-state index contributed by atoms with van der Waals surface area (Å²) in [4.78, 5) is 14.8. The van der Waals surface area contributed by atoms with Gasteiger partial charge in [0.25, 0.3) is 0 Å². The molecule has 1 aromatic rings. The summed E-state index contributed by atoms with van der Waals surface area (Å²) in [6.45, 7) is 3.31. The van der Waals surface area contributed by atoms with Crippen LogP contribution >= 0.6 is 11.6 Å². The highest BCUT2D eigenvalue weighted by atomic mass is 35.5.